The van der Waals surface area contributed by atoms with Gasteiger partial charge in [0.15, 0.2) is 5.69 Å². The van der Waals surface area contributed by atoms with E-state index in [0.717, 1.165) is 43.9 Å². The van der Waals surface area contributed by atoms with E-state index < -0.39 is 0 Å². The number of aryl methyl sites for hydroxylation is 1. The number of rotatable bonds is 5. The maximum atomic E-state index is 15.0. The van der Waals surface area contributed by atoms with Crippen LogP contribution in [0, 0.1) is 12.7 Å². The molecule has 2 aromatic carbocycles. The molecule has 1 saturated heterocycles. The molecular formula is C28H31Cl2FN6O2. The molecule has 39 heavy (non-hydrogen) atoms. The zero-order chi connectivity index (χ0) is 25.5. The molecular weight excluding hydrogens is 542 g/mol. The van der Waals surface area contributed by atoms with Crippen molar-refractivity contribution in [2.75, 3.05) is 44.7 Å². The molecule has 0 spiro atoms. The van der Waals surface area contributed by atoms with Gasteiger partial charge in [-0.25, -0.2) is 9.37 Å². The molecule has 11 heteroatoms. The minimum atomic E-state index is -0.272. The van der Waals surface area contributed by atoms with Crippen LogP contribution < -0.4 is 15.0 Å². The number of hydrogen-bond acceptors (Lipinski definition) is 6. The average Bonchev–Trinajstić information content (AvgIpc) is 3.36. The van der Waals surface area contributed by atoms with E-state index in [9.17, 15) is 9.18 Å². The Bertz CT molecular complexity index is 1500. The fourth-order valence-corrected chi connectivity index (χ4v) is 5.34. The van der Waals surface area contributed by atoms with Gasteiger partial charge in [0.05, 0.1) is 16.9 Å². The molecule has 8 nitrogen and oxygen atoms in total. The molecule has 206 valence electrons. The molecule has 4 heterocycles. The molecule has 0 atom stereocenters. The molecule has 2 aliphatic rings. The van der Waals surface area contributed by atoms with Crippen molar-refractivity contribution in [2.24, 2.45) is 0 Å². The summed E-state index contributed by atoms with van der Waals surface area (Å²) >= 11 is 0. The molecule has 2 aromatic heterocycles. The van der Waals surface area contributed by atoms with Crippen molar-refractivity contribution in [1.82, 2.24) is 24.8 Å². The van der Waals surface area contributed by atoms with Crippen molar-refractivity contribution in [3.63, 3.8) is 0 Å². The lowest BCUT2D eigenvalue weighted by Crippen LogP contribution is -2.47. The van der Waals surface area contributed by atoms with E-state index in [2.05, 4.69) is 55.4 Å². The minimum absolute atomic E-state index is 0. The molecule has 0 saturated carbocycles. The van der Waals surface area contributed by atoms with Crippen LogP contribution in [0.25, 0.3) is 16.6 Å². The Kier molecular flexibility index (Phi) is 8.64. The van der Waals surface area contributed by atoms with Crippen LogP contribution in [-0.2, 0) is 13.0 Å². The number of piperazine rings is 1. The Morgan fingerprint density at radius 3 is 2.62 bits per heavy atom. The number of aromatic nitrogens is 3. The normalized spacial score (nSPS) is 14.5. The van der Waals surface area contributed by atoms with Crippen molar-refractivity contribution in [3.8, 4) is 11.4 Å². The molecule has 0 unspecified atom stereocenters. The van der Waals surface area contributed by atoms with Gasteiger partial charge >= 0.3 is 0 Å². The number of hydrogen-bond donors (Lipinski definition) is 1. The molecule has 1 fully saturated rings. The van der Waals surface area contributed by atoms with Crippen molar-refractivity contribution in [2.45, 2.75) is 20.0 Å². The molecule has 0 aliphatic carbocycles. The van der Waals surface area contributed by atoms with Gasteiger partial charge in [-0.15, -0.1) is 24.8 Å². The van der Waals surface area contributed by atoms with Crippen molar-refractivity contribution in [3.05, 3.63) is 77.3 Å². The van der Waals surface area contributed by atoms with Gasteiger partial charge in [-0.05, 0) is 49.7 Å². The summed E-state index contributed by atoms with van der Waals surface area (Å²) in [7, 11) is 1.57. The molecule has 0 radical (unpaired) electrons. The standard InChI is InChI=1S/C28H29FN6O2.2ClH/c1-18-6-7-20-22(32-18)4-3-5-23(20)34-14-12-33(13-15-34)11-10-19-21(29)8-9-24-27(19)37-16-25-26(28(36)30-2)31-17-35(24)25;;/h3-9,17H,10-16H2,1-2H3,(H,30,36);2*1H. The Balaban J connectivity index is 0.00000176. The Hall–Kier alpha value is -3.40. The maximum absolute atomic E-state index is 15.0. The largest absolute Gasteiger partial charge is 0.485 e. The van der Waals surface area contributed by atoms with Crippen LogP contribution in [0.2, 0.25) is 0 Å². The number of anilines is 1. The summed E-state index contributed by atoms with van der Waals surface area (Å²) < 4.78 is 22.8. The maximum Gasteiger partial charge on any atom is 0.271 e. The van der Waals surface area contributed by atoms with Crippen LogP contribution in [0.5, 0.6) is 5.75 Å². The second-order valence-corrected chi connectivity index (χ2v) is 9.53. The summed E-state index contributed by atoms with van der Waals surface area (Å²) in [5.41, 5.74) is 5.53. The lowest BCUT2D eigenvalue weighted by atomic mass is 10.1. The zero-order valence-corrected chi connectivity index (χ0v) is 23.4. The number of halogens is 3. The third-order valence-electron chi connectivity index (χ3n) is 7.34. The van der Waals surface area contributed by atoms with Crippen molar-refractivity contribution < 1.29 is 13.9 Å². The Labute approximate surface area is 239 Å². The SMILES string of the molecule is CNC(=O)c1ncn2c1COc1c-2ccc(F)c1CCN1CCN(c2cccc3nc(C)ccc23)CC1.Cl.Cl. The molecule has 2 aliphatic heterocycles. The number of ether oxygens (including phenoxy) is 1. The average molecular weight is 574 g/mol. The molecule has 1 N–H and O–H groups in total. The topological polar surface area (TPSA) is 75.5 Å². The Morgan fingerprint density at radius 2 is 1.85 bits per heavy atom. The van der Waals surface area contributed by atoms with Crippen LogP contribution in [0.15, 0.2) is 48.8 Å². The van der Waals surface area contributed by atoms with Crippen molar-refractivity contribution in [1.29, 1.82) is 0 Å². The highest BCUT2D eigenvalue weighted by molar-refractivity contribution is 5.93. The fraction of sp³-hybridized carbons (Fsp3) is 0.321. The van der Waals surface area contributed by atoms with E-state index in [0.29, 0.717) is 34.8 Å². The first-order valence-corrected chi connectivity index (χ1v) is 12.6. The van der Waals surface area contributed by atoms with Gasteiger partial charge in [-0.2, -0.15) is 0 Å². The summed E-state index contributed by atoms with van der Waals surface area (Å²) in [6, 6.07) is 13.7. The monoisotopic (exact) mass is 572 g/mol. The highest BCUT2D eigenvalue weighted by Gasteiger charge is 2.28. The molecule has 6 rings (SSSR count). The van der Waals surface area contributed by atoms with E-state index in [4.69, 9.17) is 4.74 Å². The summed E-state index contributed by atoms with van der Waals surface area (Å²) in [4.78, 5) is 25.8. The fourth-order valence-electron chi connectivity index (χ4n) is 5.34. The first kappa shape index (κ1) is 28.6. The predicted molar refractivity (Wildman–Crippen MR) is 155 cm³/mol. The number of carbonyl (C=O) groups is 1. The summed E-state index contributed by atoms with van der Waals surface area (Å²) in [5.74, 6) is -0.00581. The minimum Gasteiger partial charge on any atom is -0.485 e. The Morgan fingerprint density at radius 1 is 1.05 bits per heavy atom. The number of nitrogens with zero attached hydrogens (tertiary/aromatic N) is 5. The number of amides is 1. The highest BCUT2D eigenvalue weighted by atomic mass is 35.5. The lowest BCUT2D eigenvalue weighted by molar-refractivity contribution is 0.0955. The van der Waals surface area contributed by atoms with Crippen LogP contribution in [-0.4, -0.2) is 65.1 Å². The summed E-state index contributed by atoms with van der Waals surface area (Å²) in [5, 5.41) is 3.78. The van der Waals surface area contributed by atoms with E-state index in [1.165, 1.54) is 17.1 Å². The second kappa shape index (κ2) is 11.8. The summed E-state index contributed by atoms with van der Waals surface area (Å²) in [6.45, 7) is 6.52. The smallest absolute Gasteiger partial charge is 0.271 e. The van der Waals surface area contributed by atoms with Gasteiger partial charge in [0.1, 0.15) is 24.5 Å². The second-order valence-electron chi connectivity index (χ2n) is 9.53. The van der Waals surface area contributed by atoms with Crippen molar-refractivity contribution >= 4 is 47.3 Å². The number of pyridine rings is 1. The first-order chi connectivity index (χ1) is 18.0. The third-order valence-corrected chi connectivity index (χ3v) is 7.34. The van der Waals surface area contributed by atoms with Gasteiger partial charge < -0.3 is 15.0 Å². The predicted octanol–water partition coefficient (Wildman–Crippen LogP) is 4.33. The van der Waals surface area contributed by atoms with Gasteiger partial charge in [0.25, 0.3) is 5.91 Å². The van der Waals surface area contributed by atoms with Crippen LogP contribution >= 0.6 is 24.8 Å². The number of fused-ring (bicyclic) bond motifs is 4. The van der Waals surface area contributed by atoms with Gasteiger partial charge in [-0.3, -0.25) is 19.2 Å². The van der Waals surface area contributed by atoms with Crippen LogP contribution in [0.1, 0.15) is 27.4 Å². The summed E-state index contributed by atoms with van der Waals surface area (Å²) in [6.07, 6.45) is 2.14. The van der Waals surface area contributed by atoms with E-state index >= 15 is 0 Å². The highest BCUT2D eigenvalue weighted by Crippen LogP contribution is 2.36. The van der Waals surface area contributed by atoms with Crippen LogP contribution in [0.4, 0.5) is 10.1 Å². The van der Waals surface area contributed by atoms with Gasteiger partial charge in [0.2, 0.25) is 0 Å². The molecule has 0 bridgehead atoms. The molecule has 4 aromatic rings. The lowest BCUT2D eigenvalue weighted by Gasteiger charge is -2.36. The van der Waals surface area contributed by atoms with Crippen LogP contribution in [0.3, 0.4) is 0 Å². The number of carbonyl (C=O) groups excluding carboxylic acids is 1. The number of imidazole rings is 1. The third kappa shape index (κ3) is 5.26. The number of nitrogens with one attached hydrogen (secondary N) is 1. The van der Waals surface area contributed by atoms with E-state index in [1.54, 1.807) is 19.4 Å². The van der Waals surface area contributed by atoms with E-state index in [1.807, 2.05) is 11.5 Å². The zero-order valence-electron chi connectivity index (χ0n) is 21.8. The van der Waals surface area contributed by atoms with E-state index in [-0.39, 0.29) is 43.1 Å². The van der Waals surface area contributed by atoms with Gasteiger partial charge in [0, 0.05) is 62.1 Å². The van der Waals surface area contributed by atoms with Gasteiger partial charge in [-0.1, -0.05) is 6.07 Å². The first-order valence-electron chi connectivity index (χ1n) is 12.6. The molecule has 1 amide bonds. The quantitative estimate of drug-likeness (QED) is 0.383. The number of benzene rings is 2.